The predicted molar refractivity (Wildman–Crippen MR) is 316 cm³/mol. The molecule has 0 unspecified atom stereocenters. The molecule has 6 aromatic rings. The normalized spacial score (nSPS) is 14.6. The van der Waals surface area contributed by atoms with E-state index in [1.165, 1.54) is 29.4 Å². The summed E-state index contributed by atoms with van der Waals surface area (Å²) in [6.45, 7) is -1.70. The second kappa shape index (κ2) is 36.5. The Bertz CT molecular complexity index is 2370. The lowest BCUT2D eigenvalue weighted by atomic mass is 10.2. The quantitative estimate of drug-likeness (QED) is 0.0463. The van der Waals surface area contributed by atoms with E-state index in [-0.39, 0.29) is 119 Å². The summed E-state index contributed by atoms with van der Waals surface area (Å²) in [5.74, 6) is -3.48. The Kier molecular flexibility index (Phi) is 27.6. The number of benzene rings is 6. The lowest BCUT2D eigenvalue weighted by Crippen LogP contribution is -2.55. The Hall–Kier alpha value is -8.10. The number of hydrogen-bond donors (Lipinski definition) is 0. The summed E-state index contributed by atoms with van der Waals surface area (Å²) in [6, 6.07) is 57.1. The Morgan fingerprint density at radius 2 is 0.345 bits per heavy atom. The van der Waals surface area contributed by atoms with Gasteiger partial charge in [-0.3, -0.25) is 28.8 Å². The van der Waals surface area contributed by atoms with E-state index >= 15 is 0 Å². The third kappa shape index (κ3) is 23.3. The number of ether oxygens (including phenoxy) is 6. The number of nitrogens with zero attached hydrogens (tertiary/aromatic N) is 6. The average molecular weight is 1150 g/mol. The number of amides is 6. The fraction of sp³-hybridized carbons (Fsp3) is 0.364. The SMILES string of the molecule is O=C1CN(CCOCc2ccccc2)C(=O)CN(CCOCc2ccccc2)C(=O)CN(CCOCc2ccccc2)C(=O)CN(CCOCc2ccccc2)C(=O)CN(CCOCc2ccccc2)C(=O)CN1CCOCc1ccccc1. The third-order valence-electron chi connectivity index (χ3n) is 13.8. The van der Waals surface area contributed by atoms with Crippen molar-refractivity contribution in [3.05, 3.63) is 215 Å². The van der Waals surface area contributed by atoms with Crippen LogP contribution in [0.1, 0.15) is 33.4 Å². The summed E-state index contributed by atoms with van der Waals surface area (Å²) in [6.07, 6.45) is 0. The molecule has 1 heterocycles. The number of hydrogen-bond acceptors (Lipinski definition) is 12. The zero-order chi connectivity index (χ0) is 58.8. The van der Waals surface area contributed by atoms with Gasteiger partial charge in [0, 0.05) is 39.3 Å². The molecule has 0 spiro atoms. The van der Waals surface area contributed by atoms with Gasteiger partial charge in [0.05, 0.1) is 119 Å². The van der Waals surface area contributed by atoms with Gasteiger partial charge in [-0.1, -0.05) is 182 Å². The van der Waals surface area contributed by atoms with Gasteiger partial charge in [-0.15, -0.1) is 0 Å². The molecule has 444 valence electrons. The van der Waals surface area contributed by atoms with Crippen LogP contribution in [0.15, 0.2) is 182 Å². The molecular weight excluding hydrogens is 1070 g/mol. The molecule has 6 aromatic carbocycles. The minimum absolute atomic E-state index is 0.0269. The van der Waals surface area contributed by atoms with Crippen molar-refractivity contribution in [2.24, 2.45) is 0 Å². The highest BCUT2D eigenvalue weighted by atomic mass is 16.5. The Morgan fingerprint density at radius 1 is 0.214 bits per heavy atom. The topological polar surface area (TPSA) is 177 Å². The maximum Gasteiger partial charge on any atom is 0.242 e. The molecule has 84 heavy (non-hydrogen) atoms. The van der Waals surface area contributed by atoms with E-state index in [0.29, 0.717) is 0 Å². The molecule has 0 saturated carbocycles. The van der Waals surface area contributed by atoms with Crippen LogP contribution >= 0.6 is 0 Å². The molecule has 1 fully saturated rings. The first kappa shape index (κ1) is 63.5. The van der Waals surface area contributed by atoms with E-state index in [2.05, 4.69) is 0 Å². The number of carbonyl (C=O) groups excluding carboxylic acids is 6. The van der Waals surface area contributed by atoms with Crippen LogP contribution in [0.4, 0.5) is 0 Å². The van der Waals surface area contributed by atoms with Gasteiger partial charge in [0.25, 0.3) is 0 Å². The van der Waals surface area contributed by atoms with Crippen molar-refractivity contribution >= 4 is 35.4 Å². The van der Waals surface area contributed by atoms with E-state index in [0.717, 1.165) is 33.4 Å². The smallest absolute Gasteiger partial charge is 0.242 e. The van der Waals surface area contributed by atoms with Crippen molar-refractivity contribution < 1.29 is 57.2 Å². The van der Waals surface area contributed by atoms with Gasteiger partial charge >= 0.3 is 0 Å². The Morgan fingerprint density at radius 3 is 0.476 bits per heavy atom. The van der Waals surface area contributed by atoms with Crippen LogP contribution in [0.2, 0.25) is 0 Å². The number of rotatable bonds is 30. The van der Waals surface area contributed by atoms with Gasteiger partial charge in [-0.2, -0.15) is 0 Å². The standard InChI is InChI=1S/C66H78N6O12/c73-61-44-68(32-38-80-50-56-21-9-2-10-22-56)63(75)46-70(34-40-82-52-58-25-13-4-14-26-58)65(77)48-72(36-42-84-54-60-29-17-6-18-30-60)66(78)47-71(35-41-83-53-59-27-15-5-16-28-59)64(76)45-69(33-39-81-51-57-23-11-3-12-24-57)62(74)43-67(61)31-37-79-49-55-19-7-1-8-20-55/h1-30H,31-54H2. The van der Waals surface area contributed by atoms with Crippen molar-refractivity contribution in [2.45, 2.75) is 39.6 Å². The predicted octanol–water partition coefficient (Wildman–Crippen LogP) is 6.27. The largest absolute Gasteiger partial charge is 0.375 e. The van der Waals surface area contributed by atoms with E-state index in [4.69, 9.17) is 28.4 Å². The van der Waals surface area contributed by atoms with Crippen LogP contribution in [0.5, 0.6) is 0 Å². The molecular formula is C66H78N6O12. The van der Waals surface area contributed by atoms with Gasteiger partial charge < -0.3 is 57.8 Å². The zero-order valence-corrected chi connectivity index (χ0v) is 47.9. The minimum atomic E-state index is -0.579. The molecule has 0 aliphatic carbocycles. The van der Waals surface area contributed by atoms with Crippen LogP contribution in [0, 0.1) is 0 Å². The lowest BCUT2D eigenvalue weighted by Gasteiger charge is -2.33. The molecule has 0 N–H and O–H groups in total. The summed E-state index contributed by atoms with van der Waals surface area (Å²) < 4.78 is 36.3. The van der Waals surface area contributed by atoms with Gasteiger partial charge in [0.15, 0.2) is 0 Å². The first-order chi connectivity index (χ1) is 41.2. The number of carbonyl (C=O) groups is 6. The summed E-state index contributed by atoms with van der Waals surface area (Å²) in [5.41, 5.74) is 5.44. The molecule has 0 bridgehead atoms. The van der Waals surface area contributed by atoms with Gasteiger partial charge in [0.1, 0.15) is 0 Å². The molecule has 7 rings (SSSR count). The fourth-order valence-electron chi connectivity index (χ4n) is 8.97. The minimum Gasteiger partial charge on any atom is -0.375 e. The lowest BCUT2D eigenvalue weighted by molar-refractivity contribution is -0.151. The van der Waals surface area contributed by atoms with Crippen LogP contribution in [-0.4, -0.2) is 183 Å². The maximum atomic E-state index is 14.9. The fourth-order valence-corrected chi connectivity index (χ4v) is 8.97. The van der Waals surface area contributed by atoms with Crippen molar-refractivity contribution in [1.82, 2.24) is 29.4 Å². The van der Waals surface area contributed by atoms with E-state index in [1.807, 2.05) is 182 Å². The maximum absolute atomic E-state index is 14.9. The van der Waals surface area contributed by atoms with E-state index in [1.54, 1.807) is 0 Å². The highest BCUT2D eigenvalue weighted by molar-refractivity contribution is 5.93. The average Bonchev–Trinajstić information content (AvgIpc) is 3.66. The van der Waals surface area contributed by atoms with Crippen LogP contribution in [0.3, 0.4) is 0 Å². The molecule has 1 saturated heterocycles. The summed E-state index contributed by atoms with van der Waals surface area (Å²) in [5, 5.41) is 0. The highest BCUT2D eigenvalue weighted by Crippen LogP contribution is 2.12. The van der Waals surface area contributed by atoms with Crippen molar-refractivity contribution in [2.75, 3.05) is 118 Å². The van der Waals surface area contributed by atoms with Crippen molar-refractivity contribution in [3.63, 3.8) is 0 Å². The van der Waals surface area contributed by atoms with E-state index < -0.39 is 74.7 Å². The molecule has 18 heteroatoms. The highest BCUT2D eigenvalue weighted by Gasteiger charge is 2.31. The van der Waals surface area contributed by atoms with Crippen LogP contribution < -0.4 is 0 Å². The summed E-state index contributed by atoms with van der Waals surface area (Å²) in [7, 11) is 0. The monoisotopic (exact) mass is 1150 g/mol. The van der Waals surface area contributed by atoms with Crippen LogP contribution in [-0.2, 0) is 96.8 Å². The first-order valence-corrected chi connectivity index (χ1v) is 28.5. The molecule has 0 atom stereocenters. The van der Waals surface area contributed by atoms with Gasteiger partial charge in [-0.25, -0.2) is 0 Å². The molecule has 1 aliphatic heterocycles. The molecule has 0 aromatic heterocycles. The van der Waals surface area contributed by atoms with E-state index in [9.17, 15) is 28.8 Å². The zero-order valence-electron chi connectivity index (χ0n) is 47.9. The Balaban J connectivity index is 1.20. The second-order valence-electron chi connectivity index (χ2n) is 20.1. The molecule has 6 amide bonds. The van der Waals surface area contributed by atoms with Gasteiger partial charge in [-0.05, 0) is 33.4 Å². The van der Waals surface area contributed by atoms with Crippen LogP contribution in [0.25, 0.3) is 0 Å². The first-order valence-electron chi connectivity index (χ1n) is 28.5. The third-order valence-corrected chi connectivity index (χ3v) is 13.8. The Labute approximate surface area is 493 Å². The second-order valence-corrected chi connectivity index (χ2v) is 20.1. The van der Waals surface area contributed by atoms with Crippen molar-refractivity contribution in [3.8, 4) is 0 Å². The molecule has 0 radical (unpaired) electrons. The summed E-state index contributed by atoms with van der Waals surface area (Å²) >= 11 is 0. The van der Waals surface area contributed by atoms with Crippen molar-refractivity contribution in [1.29, 1.82) is 0 Å². The molecule has 1 aliphatic rings. The molecule has 18 nitrogen and oxygen atoms in total. The summed E-state index contributed by atoms with van der Waals surface area (Å²) in [4.78, 5) is 97.3. The van der Waals surface area contributed by atoms with Gasteiger partial charge in [0.2, 0.25) is 35.4 Å².